The zero-order valence-electron chi connectivity index (χ0n) is 11.8. The normalized spacial score (nSPS) is 23.3. The van der Waals surface area contributed by atoms with Gasteiger partial charge in [-0.15, -0.1) is 0 Å². The number of rotatable bonds is 5. The fraction of sp³-hybridized carbons (Fsp3) is 0.625. The van der Waals surface area contributed by atoms with Crippen molar-refractivity contribution >= 4 is 0 Å². The Morgan fingerprint density at radius 3 is 2.78 bits per heavy atom. The Kier molecular flexibility index (Phi) is 4.65. The van der Waals surface area contributed by atoms with Gasteiger partial charge in [0.25, 0.3) is 0 Å². The SMILES string of the molecule is CNCC1CCCC1Cc1cc(C)ccc1OC. The monoisotopic (exact) mass is 247 g/mol. The number of ether oxygens (including phenoxy) is 1. The van der Waals surface area contributed by atoms with Crippen LogP contribution in [0.3, 0.4) is 0 Å². The van der Waals surface area contributed by atoms with E-state index in [4.69, 9.17) is 4.74 Å². The lowest BCUT2D eigenvalue weighted by Crippen LogP contribution is -2.23. The maximum atomic E-state index is 5.49. The predicted molar refractivity (Wildman–Crippen MR) is 76.2 cm³/mol. The standard InChI is InChI=1S/C16H25NO/c1-12-7-8-16(18-3)15(9-12)10-13-5-4-6-14(13)11-17-2/h7-9,13-14,17H,4-6,10-11H2,1-3H3. The van der Waals surface area contributed by atoms with Crippen LogP contribution < -0.4 is 10.1 Å². The van der Waals surface area contributed by atoms with Gasteiger partial charge in [0.15, 0.2) is 0 Å². The number of methoxy groups -OCH3 is 1. The van der Waals surface area contributed by atoms with E-state index in [1.54, 1.807) is 7.11 Å². The highest BCUT2D eigenvalue weighted by atomic mass is 16.5. The molecule has 1 aromatic carbocycles. The molecule has 1 fully saturated rings. The fourth-order valence-electron chi connectivity index (χ4n) is 3.26. The highest BCUT2D eigenvalue weighted by Crippen LogP contribution is 2.35. The van der Waals surface area contributed by atoms with Crippen molar-refractivity contribution in [3.8, 4) is 5.75 Å². The molecule has 2 rings (SSSR count). The molecule has 2 atom stereocenters. The maximum Gasteiger partial charge on any atom is 0.122 e. The van der Waals surface area contributed by atoms with Crippen LogP contribution in [0.1, 0.15) is 30.4 Å². The van der Waals surface area contributed by atoms with Crippen LogP contribution in [0.4, 0.5) is 0 Å². The minimum absolute atomic E-state index is 0.813. The second kappa shape index (κ2) is 6.24. The molecule has 2 nitrogen and oxygen atoms in total. The Morgan fingerprint density at radius 2 is 2.06 bits per heavy atom. The Bertz CT molecular complexity index is 389. The van der Waals surface area contributed by atoms with Crippen molar-refractivity contribution in [1.29, 1.82) is 0 Å². The summed E-state index contributed by atoms with van der Waals surface area (Å²) < 4.78 is 5.49. The molecule has 0 bridgehead atoms. The molecule has 1 aromatic rings. The molecule has 2 unspecified atom stereocenters. The minimum Gasteiger partial charge on any atom is -0.496 e. The topological polar surface area (TPSA) is 21.3 Å². The highest BCUT2D eigenvalue weighted by molar-refractivity contribution is 5.37. The number of benzene rings is 1. The van der Waals surface area contributed by atoms with Gasteiger partial charge in [-0.3, -0.25) is 0 Å². The molecule has 1 N–H and O–H groups in total. The predicted octanol–water partition coefficient (Wildman–Crippen LogP) is 3.18. The first-order chi connectivity index (χ1) is 8.74. The van der Waals surface area contributed by atoms with Crippen molar-refractivity contribution in [2.75, 3.05) is 20.7 Å². The first kappa shape index (κ1) is 13.4. The van der Waals surface area contributed by atoms with E-state index < -0.39 is 0 Å². The van der Waals surface area contributed by atoms with Crippen LogP contribution in [0.15, 0.2) is 18.2 Å². The zero-order chi connectivity index (χ0) is 13.0. The van der Waals surface area contributed by atoms with Crippen LogP contribution in [0.25, 0.3) is 0 Å². The average molecular weight is 247 g/mol. The van der Waals surface area contributed by atoms with Crippen molar-refractivity contribution < 1.29 is 4.74 Å². The van der Waals surface area contributed by atoms with E-state index in [0.717, 1.165) is 30.6 Å². The van der Waals surface area contributed by atoms with Crippen LogP contribution in [-0.2, 0) is 6.42 Å². The molecule has 0 aliphatic heterocycles. The van der Waals surface area contributed by atoms with Gasteiger partial charge in [-0.05, 0) is 63.2 Å². The molecule has 1 aliphatic carbocycles. The van der Waals surface area contributed by atoms with Gasteiger partial charge < -0.3 is 10.1 Å². The minimum atomic E-state index is 0.813. The molecule has 1 saturated carbocycles. The first-order valence-electron chi connectivity index (χ1n) is 7.02. The average Bonchev–Trinajstić information content (AvgIpc) is 2.78. The zero-order valence-corrected chi connectivity index (χ0v) is 11.8. The highest BCUT2D eigenvalue weighted by Gasteiger charge is 2.27. The van der Waals surface area contributed by atoms with Gasteiger partial charge in [0.1, 0.15) is 5.75 Å². The summed E-state index contributed by atoms with van der Waals surface area (Å²) in [4.78, 5) is 0. The third-order valence-corrected chi connectivity index (χ3v) is 4.20. The Hall–Kier alpha value is -1.02. The van der Waals surface area contributed by atoms with Crippen LogP contribution in [0.5, 0.6) is 5.75 Å². The molecule has 0 radical (unpaired) electrons. The lowest BCUT2D eigenvalue weighted by atomic mass is 9.89. The van der Waals surface area contributed by atoms with E-state index in [9.17, 15) is 0 Å². The Balaban J connectivity index is 2.10. The van der Waals surface area contributed by atoms with Gasteiger partial charge in [-0.1, -0.05) is 24.1 Å². The summed E-state index contributed by atoms with van der Waals surface area (Å²) in [7, 11) is 3.83. The third-order valence-electron chi connectivity index (χ3n) is 4.20. The number of nitrogens with one attached hydrogen (secondary N) is 1. The van der Waals surface area contributed by atoms with E-state index in [-0.39, 0.29) is 0 Å². The summed E-state index contributed by atoms with van der Waals surface area (Å²) in [5.74, 6) is 2.70. The summed E-state index contributed by atoms with van der Waals surface area (Å²) >= 11 is 0. The summed E-state index contributed by atoms with van der Waals surface area (Å²) in [6, 6.07) is 6.52. The first-order valence-corrected chi connectivity index (χ1v) is 7.02. The molecular weight excluding hydrogens is 222 g/mol. The summed E-state index contributed by atoms with van der Waals surface area (Å²) in [6.07, 6.45) is 5.28. The van der Waals surface area contributed by atoms with E-state index in [0.29, 0.717) is 0 Å². The van der Waals surface area contributed by atoms with Gasteiger partial charge in [-0.2, -0.15) is 0 Å². The summed E-state index contributed by atoms with van der Waals surface area (Å²) in [5, 5.41) is 3.33. The largest absolute Gasteiger partial charge is 0.496 e. The van der Waals surface area contributed by atoms with E-state index >= 15 is 0 Å². The molecule has 0 saturated heterocycles. The van der Waals surface area contributed by atoms with E-state index in [2.05, 4.69) is 37.5 Å². The third kappa shape index (κ3) is 3.05. The maximum absolute atomic E-state index is 5.49. The van der Waals surface area contributed by atoms with Crippen LogP contribution in [0.2, 0.25) is 0 Å². The summed E-state index contributed by atoms with van der Waals surface area (Å²) in [6.45, 7) is 3.31. The number of hydrogen-bond acceptors (Lipinski definition) is 2. The van der Waals surface area contributed by atoms with E-state index in [1.165, 1.54) is 30.4 Å². The second-order valence-electron chi connectivity index (χ2n) is 5.53. The van der Waals surface area contributed by atoms with Crippen molar-refractivity contribution in [1.82, 2.24) is 5.32 Å². The van der Waals surface area contributed by atoms with Crippen LogP contribution in [-0.4, -0.2) is 20.7 Å². The number of aryl methyl sites for hydroxylation is 1. The molecule has 2 heteroatoms. The summed E-state index contributed by atoms with van der Waals surface area (Å²) in [5.41, 5.74) is 2.71. The molecule has 100 valence electrons. The van der Waals surface area contributed by atoms with Crippen LogP contribution in [0, 0.1) is 18.8 Å². The molecule has 0 heterocycles. The lowest BCUT2D eigenvalue weighted by molar-refractivity contribution is 0.362. The van der Waals surface area contributed by atoms with Crippen molar-refractivity contribution in [2.24, 2.45) is 11.8 Å². The molecule has 0 aromatic heterocycles. The van der Waals surface area contributed by atoms with Crippen molar-refractivity contribution in [3.63, 3.8) is 0 Å². The van der Waals surface area contributed by atoms with Gasteiger partial charge in [-0.25, -0.2) is 0 Å². The van der Waals surface area contributed by atoms with Gasteiger partial charge in [0, 0.05) is 0 Å². The van der Waals surface area contributed by atoms with Crippen LogP contribution >= 0.6 is 0 Å². The quantitative estimate of drug-likeness (QED) is 0.863. The molecule has 1 aliphatic rings. The molecular formula is C16H25NO. The molecule has 0 amide bonds. The second-order valence-corrected chi connectivity index (χ2v) is 5.53. The molecule has 18 heavy (non-hydrogen) atoms. The van der Waals surface area contributed by atoms with E-state index in [1.807, 2.05) is 0 Å². The Morgan fingerprint density at radius 1 is 1.28 bits per heavy atom. The van der Waals surface area contributed by atoms with Gasteiger partial charge >= 0.3 is 0 Å². The smallest absolute Gasteiger partial charge is 0.122 e. The Labute approximate surface area is 111 Å². The fourth-order valence-corrected chi connectivity index (χ4v) is 3.26. The van der Waals surface area contributed by atoms with Crippen molar-refractivity contribution in [3.05, 3.63) is 29.3 Å². The van der Waals surface area contributed by atoms with Gasteiger partial charge in [0.2, 0.25) is 0 Å². The lowest BCUT2D eigenvalue weighted by Gasteiger charge is -2.20. The van der Waals surface area contributed by atoms with Crippen molar-refractivity contribution in [2.45, 2.75) is 32.6 Å². The molecule has 0 spiro atoms. The van der Waals surface area contributed by atoms with Gasteiger partial charge in [0.05, 0.1) is 7.11 Å². The number of hydrogen-bond donors (Lipinski definition) is 1.